The molecule has 0 bridgehead atoms. The van der Waals surface area contributed by atoms with Crippen LogP contribution in [-0.4, -0.2) is 28.9 Å². The summed E-state index contributed by atoms with van der Waals surface area (Å²) in [5, 5.41) is 0. The van der Waals surface area contributed by atoms with Crippen LogP contribution >= 0.6 is 0 Å². The van der Waals surface area contributed by atoms with Crippen molar-refractivity contribution in [3.63, 3.8) is 0 Å². The van der Waals surface area contributed by atoms with Crippen LogP contribution in [0.4, 0.5) is 22.0 Å². The molecular weight excluding hydrogens is 255 g/mol. The molecule has 0 atom stereocenters. The van der Waals surface area contributed by atoms with Gasteiger partial charge in [0.2, 0.25) is 0 Å². The van der Waals surface area contributed by atoms with Crippen molar-refractivity contribution in [2.45, 2.75) is 25.1 Å². The van der Waals surface area contributed by atoms with E-state index in [1.165, 1.54) is 17.0 Å². The van der Waals surface area contributed by atoms with E-state index in [1.54, 1.807) is 0 Å². The van der Waals surface area contributed by atoms with Gasteiger partial charge in [-0.3, -0.25) is 9.88 Å². The molecule has 0 radical (unpaired) electrons. The van der Waals surface area contributed by atoms with Crippen molar-refractivity contribution in [3.8, 4) is 0 Å². The third-order valence-corrected chi connectivity index (χ3v) is 2.80. The zero-order valence-electron chi connectivity index (χ0n) is 9.34. The molecule has 0 saturated carbocycles. The summed E-state index contributed by atoms with van der Waals surface area (Å²) < 4.78 is 63.8. The third kappa shape index (κ3) is 2.95. The Morgan fingerprint density at radius 3 is 2.61 bits per heavy atom. The minimum Gasteiger partial charge on any atom is -0.293 e. The highest BCUT2D eigenvalue weighted by Gasteiger charge is 2.40. The van der Waals surface area contributed by atoms with E-state index in [2.05, 4.69) is 4.98 Å². The molecule has 0 spiro atoms. The van der Waals surface area contributed by atoms with Gasteiger partial charge < -0.3 is 0 Å². The van der Waals surface area contributed by atoms with Crippen molar-refractivity contribution in [3.05, 3.63) is 29.6 Å². The second-order valence-electron chi connectivity index (χ2n) is 4.33. The van der Waals surface area contributed by atoms with Crippen LogP contribution < -0.4 is 0 Å². The molecule has 2 rings (SSSR count). The number of alkyl halides is 5. The Morgan fingerprint density at radius 1 is 1.33 bits per heavy atom. The maximum atomic E-state index is 13.0. The van der Waals surface area contributed by atoms with Crippen LogP contribution in [-0.2, 0) is 12.7 Å². The van der Waals surface area contributed by atoms with E-state index >= 15 is 0 Å². The maximum Gasteiger partial charge on any atom is 0.433 e. The standard InChI is InChI=1S/C11H11F5N2/c12-10(13)3-5-18(7-10)6-8-2-1-4-17-9(8)11(14,15)16/h1-2,4H,3,5-7H2. The quantitative estimate of drug-likeness (QED) is 0.765. The molecule has 18 heavy (non-hydrogen) atoms. The zero-order valence-corrected chi connectivity index (χ0v) is 9.34. The van der Waals surface area contributed by atoms with Gasteiger partial charge >= 0.3 is 6.18 Å². The molecule has 2 heterocycles. The Bertz CT molecular complexity index is 430. The number of nitrogens with zero attached hydrogens (tertiary/aromatic N) is 2. The molecule has 100 valence electrons. The molecule has 2 nitrogen and oxygen atoms in total. The van der Waals surface area contributed by atoms with Gasteiger partial charge in [0.25, 0.3) is 5.92 Å². The number of halogens is 5. The summed E-state index contributed by atoms with van der Waals surface area (Å²) in [5.74, 6) is -2.80. The molecule has 0 aromatic carbocycles. The Kier molecular flexibility index (Phi) is 3.27. The van der Waals surface area contributed by atoms with E-state index in [0.717, 1.165) is 6.20 Å². The van der Waals surface area contributed by atoms with Crippen molar-refractivity contribution >= 4 is 0 Å². The van der Waals surface area contributed by atoms with Gasteiger partial charge in [0.1, 0.15) is 5.69 Å². The highest BCUT2D eigenvalue weighted by atomic mass is 19.4. The van der Waals surface area contributed by atoms with Crippen molar-refractivity contribution < 1.29 is 22.0 Å². The molecule has 1 aliphatic heterocycles. The predicted molar refractivity (Wildman–Crippen MR) is 54.1 cm³/mol. The number of hydrogen-bond acceptors (Lipinski definition) is 2. The Balaban J connectivity index is 2.15. The minimum absolute atomic E-state index is 0.0669. The lowest BCUT2D eigenvalue weighted by Crippen LogP contribution is -2.26. The van der Waals surface area contributed by atoms with Gasteiger partial charge in [-0.15, -0.1) is 0 Å². The minimum atomic E-state index is -4.56. The monoisotopic (exact) mass is 266 g/mol. The topological polar surface area (TPSA) is 16.1 Å². The smallest absolute Gasteiger partial charge is 0.293 e. The average Bonchev–Trinajstić information content (AvgIpc) is 2.57. The van der Waals surface area contributed by atoms with Crippen LogP contribution in [0.2, 0.25) is 0 Å². The fourth-order valence-corrected chi connectivity index (χ4v) is 2.00. The first-order valence-electron chi connectivity index (χ1n) is 5.39. The van der Waals surface area contributed by atoms with E-state index in [0.29, 0.717) is 0 Å². The third-order valence-electron chi connectivity index (χ3n) is 2.80. The van der Waals surface area contributed by atoms with Crippen LogP contribution in [0.5, 0.6) is 0 Å². The van der Waals surface area contributed by atoms with Crippen LogP contribution in [0, 0.1) is 0 Å². The number of likely N-dealkylation sites (tertiary alicyclic amines) is 1. The van der Waals surface area contributed by atoms with Crippen molar-refractivity contribution in [2.24, 2.45) is 0 Å². The second-order valence-corrected chi connectivity index (χ2v) is 4.33. The van der Waals surface area contributed by atoms with Crippen LogP contribution in [0.1, 0.15) is 17.7 Å². The summed E-state index contributed by atoms with van der Waals surface area (Å²) in [7, 11) is 0. The summed E-state index contributed by atoms with van der Waals surface area (Å²) >= 11 is 0. The summed E-state index contributed by atoms with van der Waals surface area (Å²) in [4.78, 5) is 4.60. The first-order valence-corrected chi connectivity index (χ1v) is 5.39. The van der Waals surface area contributed by atoms with Crippen molar-refractivity contribution in [1.82, 2.24) is 9.88 Å². The molecule has 1 fully saturated rings. The molecule has 0 amide bonds. The largest absolute Gasteiger partial charge is 0.433 e. The molecule has 1 aliphatic rings. The van der Waals surface area contributed by atoms with Crippen LogP contribution in [0.15, 0.2) is 18.3 Å². The number of pyridine rings is 1. The van der Waals surface area contributed by atoms with E-state index in [9.17, 15) is 22.0 Å². The molecule has 0 unspecified atom stereocenters. The lowest BCUT2D eigenvalue weighted by molar-refractivity contribution is -0.142. The van der Waals surface area contributed by atoms with Gasteiger partial charge in [0.05, 0.1) is 6.54 Å². The second kappa shape index (κ2) is 4.46. The molecule has 1 saturated heterocycles. The van der Waals surface area contributed by atoms with Gasteiger partial charge in [-0.25, -0.2) is 8.78 Å². The highest BCUT2D eigenvalue weighted by molar-refractivity contribution is 5.22. The Labute approximate surface area is 100 Å². The number of hydrogen-bond donors (Lipinski definition) is 0. The van der Waals surface area contributed by atoms with Crippen molar-refractivity contribution in [2.75, 3.05) is 13.1 Å². The van der Waals surface area contributed by atoms with Gasteiger partial charge in [-0.1, -0.05) is 6.07 Å². The number of aromatic nitrogens is 1. The first-order chi connectivity index (χ1) is 8.28. The summed E-state index contributed by atoms with van der Waals surface area (Å²) in [6.45, 7) is -0.559. The van der Waals surface area contributed by atoms with Gasteiger partial charge in [-0.05, 0) is 11.6 Å². The van der Waals surface area contributed by atoms with Gasteiger partial charge in [0, 0.05) is 25.7 Å². The van der Waals surface area contributed by atoms with Gasteiger partial charge in [-0.2, -0.15) is 13.2 Å². The van der Waals surface area contributed by atoms with E-state index in [-0.39, 0.29) is 25.1 Å². The fraction of sp³-hybridized carbons (Fsp3) is 0.545. The highest BCUT2D eigenvalue weighted by Crippen LogP contribution is 2.32. The first kappa shape index (κ1) is 13.2. The molecule has 7 heteroatoms. The average molecular weight is 266 g/mol. The Hall–Kier alpha value is -1.24. The zero-order chi connectivity index (χ0) is 13.4. The predicted octanol–water partition coefficient (Wildman–Crippen LogP) is 2.94. The van der Waals surface area contributed by atoms with Crippen LogP contribution in [0.25, 0.3) is 0 Å². The molecular formula is C11H11F5N2. The maximum absolute atomic E-state index is 13.0. The lowest BCUT2D eigenvalue weighted by atomic mass is 10.2. The van der Waals surface area contributed by atoms with Gasteiger partial charge in [0.15, 0.2) is 0 Å². The van der Waals surface area contributed by atoms with E-state index < -0.39 is 24.3 Å². The van der Waals surface area contributed by atoms with Crippen LogP contribution in [0.3, 0.4) is 0 Å². The van der Waals surface area contributed by atoms with E-state index in [1.807, 2.05) is 0 Å². The van der Waals surface area contributed by atoms with E-state index in [4.69, 9.17) is 0 Å². The Morgan fingerprint density at radius 2 is 2.06 bits per heavy atom. The molecule has 1 aromatic heterocycles. The molecule has 0 N–H and O–H groups in total. The molecule has 1 aromatic rings. The SMILES string of the molecule is FC1(F)CCN(Cc2cccnc2C(F)(F)F)C1. The summed E-state index contributed by atoms with van der Waals surface area (Å²) in [6.07, 6.45) is -3.82. The lowest BCUT2D eigenvalue weighted by Gasteiger charge is -2.18. The normalized spacial score (nSPS) is 20.3. The molecule has 0 aliphatic carbocycles. The van der Waals surface area contributed by atoms with Crippen molar-refractivity contribution in [1.29, 1.82) is 0 Å². The summed E-state index contributed by atoms with van der Waals surface area (Å²) in [5.41, 5.74) is -1.07. The summed E-state index contributed by atoms with van der Waals surface area (Å²) in [6, 6.07) is 2.64. The number of rotatable bonds is 2. The fourth-order valence-electron chi connectivity index (χ4n) is 2.00.